The second-order valence-corrected chi connectivity index (χ2v) is 4.26. The van der Waals surface area contributed by atoms with E-state index < -0.39 is 17.6 Å². The van der Waals surface area contributed by atoms with Crippen LogP contribution in [0.5, 0.6) is 0 Å². The normalized spacial score (nSPS) is 10.5. The van der Waals surface area contributed by atoms with Crippen molar-refractivity contribution in [3.05, 3.63) is 35.5 Å². The third-order valence-corrected chi connectivity index (χ3v) is 2.67. The first kappa shape index (κ1) is 14.8. The molecule has 8 heteroatoms. The number of ether oxygens (including phenoxy) is 1. The summed E-state index contributed by atoms with van der Waals surface area (Å²) in [5.74, 6) is -2.53. The van der Waals surface area contributed by atoms with Gasteiger partial charge < -0.3 is 15.8 Å². The van der Waals surface area contributed by atoms with E-state index in [-0.39, 0.29) is 29.4 Å². The number of anilines is 3. The van der Waals surface area contributed by atoms with Gasteiger partial charge in [0.2, 0.25) is 0 Å². The first-order valence-electron chi connectivity index (χ1n) is 6.14. The molecule has 21 heavy (non-hydrogen) atoms. The molecule has 0 aliphatic carbocycles. The van der Waals surface area contributed by atoms with E-state index in [2.05, 4.69) is 10.4 Å². The minimum Gasteiger partial charge on any atom is -0.462 e. The quantitative estimate of drug-likeness (QED) is 0.667. The maximum atomic E-state index is 13.3. The average Bonchev–Trinajstić information content (AvgIpc) is 2.77. The van der Waals surface area contributed by atoms with Gasteiger partial charge in [-0.2, -0.15) is 5.10 Å². The number of aromatic nitrogens is 2. The molecule has 0 fully saturated rings. The largest absolute Gasteiger partial charge is 0.462 e. The maximum absolute atomic E-state index is 13.3. The van der Waals surface area contributed by atoms with Crippen molar-refractivity contribution in [3.63, 3.8) is 0 Å². The lowest BCUT2D eigenvalue weighted by Gasteiger charge is -2.09. The molecule has 6 nitrogen and oxygen atoms in total. The number of nitrogens with one attached hydrogen (secondary N) is 1. The Morgan fingerprint density at radius 1 is 1.43 bits per heavy atom. The summed E-state index contributed by atoms with van der Waals surface area (Å²) < 4.78 is 32.6. The first-order valence-corrected chi connectivity index (χ1v) is 6.14. The molecule has 0 aliphatic rings. The Morgan fingerprint density at radius 2 is 2.10 bits per heavy atom. The Kier molecular flexibility index (Phi) is 4.06. The Morgan fingerprint density at radius 3 is 2.76 bits per heavy atom. The van der Waals surface area contributed by atoms with Crippen molar-refractivity contribution < 1.29 is 18.3 Å². The molecule has 2 aromatic rings. The molecule has 0 saturated carbocycles. The molecule has 3 N–H and O–H groups in total. The fraction of sp³-hybridized carbons (Fsp3) is 0.231. The van der Waals surface area contributed by atoms with E-state index >= 15 is 0 Å². The second kappa shape index (κ2) is 5.78. The van der Waals surface area contributed by atoms with Gasteiger partial charge in [0.25, 0.3) is 0 Å². The number of nitrogens with zero attached hydrogens (tertiary/aromatic N) is 2. The first-order chi connectivity index (χ1) is 9.92. The fourth-order valence-corrected chi connectivity index (χ4v) is 1.74. The van der Waals surface area contributed by atoms with Crippen LogP contribution in [-0.2, 0) is 11.8 Å². The highest BCUT2D eigenvalue weighted by Crippen LogP contribution is 2.27. The molecule has 0 radical (unpaired) electrons. The van der Waals surface area contributed by atoms with Gasteiger partial charge in [-0.3, -0.25) is 4.68 Å². The summed E-state index contributed by atoms with van der Waals surface area (Å²) >= 11 is 0. The number of hydrogen-bond donors (Lipinski definition) is 2. The average molecular weight is 296 g/mol. The summed E-state index contributed by atoms with van der Waals surface area (Å²) in [7, 11) is 1.61. The van der Waals surface area contributed by atoms with E-state index in [0.717, 1.165) is 12.1 Å². The van der Waals surface area contributed by atoms with Crippen molar-refractivity contribution in [1.82, 2.24) is 9.78 Å². The predicted octanol–water partition coefficient (Wildman–Crippen LogP) is 2.20. The summed E-state index contributed by atoms with van der Waals surface area (Å²) in [6.07, 6.45) is 1.45. The molecule has 0 spiro atoms. The van der Waals surface area contributed by atoms with Crippen molar-refractivity contribution in [2.24, 2.45) is 7.05 Å². The van der Waals surface area contributed by atoms with Gasteiger partial charge in [-0.05, 0) is 6.92 Å². The van der Waals surface area contributed by atoms with Crippen molar-refractivity contribution in [1.29, 1.82) is 0 Å². The topological polar surface area (TPSA) is 82.2 Å². The fourth-order valence-electron chi connectivity index (χ4n) is 1.74. The van der Waals surface area contributed by atoms with Gasteiger partial charge in [-0.15, -0.1) is 0 Å². The molecule has 112 valence electrons. The highest BCUT2D eigenvalue weighted by molar-refractivity contribution is 5.95. The van der Waals surface area contributed by atoms with Gasteiger partial charge >= 0.3 is 5.97 Å². The molecule has 1 aromatic heterocycles. The van der Waals surface area contributed by atoms with Gasteiger partial charge in [0.15, 0.2) is 17.5 Å². The van der Waals surface area contributed by atoms with Crippen molar-refractivity contribution in [2.75, 3.05) is 17.7 Å². The zero-order valence-electron chi connectivity index (χ0n) is 11.5. The van der Waals surface area contributed by atoms with Crippen LogP contribution in [0.15, 0.2) is 18.3 Å². The monoisotopic (exact) mass is 296 g/mol. The third kappa shape index (κ3) is 3.10. The summed E-state index contributed by atoms with van der Waals surface area (Å²) in [5, 5.41) is 6.74. The van der Waals surface area contributed by atoms with Crippen LogP contribution in [0.3, 0.4) is 0 Å². The number of benzene rings is 1. The number of esters is 1. The minimum atomic E-state index is -1.06. The number of carbonyl (C=O) groups excluding carboxylic acids is 1. The van der Waals surface area contributed by atoms with E-state index in [1.807, 2.05) is 0 Å². The zero-order chi connectivity index (χ0) is 15.6. The number of halogens is 2. The summed E-state index contributed by atoms with van der Waals surface area (Å²) in [5.41, 5.74) is 5.88. The number of rotatable bonds is 4. The van der Waals surface area contributed by atoms with E-state index in [0.29, 0.717) is 0 Å². The molecule has 1 heterocycles. The van der Waals surface area contributed by atoms with E-state index in [1.54, 1.807) is 14.0 Å². The SMILES string of the molecule is CCOC(=O)c1cn(C)nc1Nc1cc(F)c(F)cc1N. The van der Waals surface area contributed by atoms with Crippen LogP contribution in [0.1, 0.15) is 17.3 Å². The van der Waals surface area contributed by atoms with Crippen LogP contribution in [0.2, 0.25) is 0 Å². The standard InChI is InChI=1S/C13H14F2N4O2/c1-3-21-13(20)7-6-19(2)18-12(7)17-11-5-9(15)8(14)4-10(11)16/h4-6H,3,16H2,1-2H3,(H,17,18). The van der Waals surface area contributed by atoms with Gasteiger partial charge in [0, 0.05) is 25.4 Å². The minimum absolute atomic E-state index is 0.00522. The van der Waals surface area contributed by atoms with E-state index in [9.17, 15) is 13.6 Å². The molecule has 0 bridgehead atoms. The molecular formula is C13H14F2N4O2. The molecule has 0 saturated heterocycles. The highest BCUT2D eigenvalue weighted by atomic mass is 19.2. The van der Waals surface area contributed by atoms with E-state index in [1.165, 1.54) is 10.9 Å². The van der Waals surface area contributed by atoms with Crippen molar-refractivity contribution >= 4 is 23.2 Å². The number of nitrogens with two attached hydrogens (primary N) is 1. The Hall–Kier alpha value is -2.64. The lowest BCUT2D eigenvalue weighted by Crippen LogP contribution is -2.07. The van der Waals surface area contributed by atoms with Gasteiger partial charge in [0.1, 0.15) is 5.56 Å². The van der Waals surface area contributed by atoms with Crippen LogP contribution in [0, 0.1) is 11.6 Å². The summed E-state index contributed by atoms with van der Waals surface area (Å²) in [4.78, 5) is 11.8. The number of hydrogen-bond acceptors (Lipinski definition) is 5. The number of carbonyl (C=O) groups is 1. The van der Waals surface area contributed by atoms with Crippen LogP contribution < -0.4 is 11.1 Å². The third-order valence-electron chi connectivity index (χ3n) is 2.67. The number of nitrogen functional groups attached to an aromatic ring is 1. The van der Waals surface area contributed by atoms with Crippen LogP contribution >= 0.6 is 0 Å². The molecular weight excluding hydrogens is 282 g/mol. The molecule has 1 aromatic carbocycles. The van der Waals surface area contributed by atoms with Gasteiger partial charge in [-0.25, -0.2) is 13.6 Å². The molecule has 0 atom stereocenters. The zero-order valence-corrected chi connectivity index (χ0v) is 11.5. The smallest absolute Gasteiger partial charge is 0.343 e. The number of aryl methyl sites for hydroxylation is 1. The van der Waals surface area contributed by atoms with Gasteiger partial charge in [0.05, 0.1) is 18.0 Å². The van der Waals surface area contributed by atoms with Crippen LogP contribution in [-0.4, -0.2) is 22.4 Å². The molecule has 0 amide bonds. The second-order valence-electron chi connectivity index (χ2n) is 4.26. The van der Waals surface area contributed by atoms with Crippen LogP contribution in [0.25, 0.3) is 0 Å². The van der Waals surface area contributed by atoms with Crippen LogP contribution in [0.4, 0.5) is 26.0 Å². The predicted molar refractivity (Wildman–Crippen MR) is 73.2 cm³/mol. The maximum Gasteiger partial charge on any atom is 0.343 e. The molecule has 0 unspecified atom stereocenters. The van der Waals surface area contributed by atoms with Crippen molar-refractivity contribution in [3.8, 4) is 0 Å². The Labute approximate surface area is 119 Å². The van der Waals surface area contributed by atoms with Crippen molar-refractivity contribution in [2.45, 2.75) is 6.92 Å². The van der Waals surface area contributed by atoms with E-state index in [4.69, 9.17) is 10.5 Å². The molecule has 2 rings (SSSR count). The molecule has 0 aliphatic heterocycles. The lowest BCUT2D eigenvalue weighted by molar-refractivity contribution is 0.0527. The van der Waals surface area contributed by atoms with Gasteiger partial charge in [-0.1, -0.05) is 0 Å². The Balaban J connectivity index is 2.36. The summed E-state index contributed by atoms with van der Waals surface area (Å²) in [6, 6.07) is 1.75. The lowest BCUT2D eigenvalue weighted by atomic mass is 10.2. The Bertz CT molecular complexity index is 685. The highest BCUT2D eigenvalue weighted by Gasteiger charge is 2.18. The summed E-state index contributed by atoms with van der Waals surface area (Å²) in [6.45, 7) is 1.88.